The summed E-state index contributed by atoms with van der Waals surface area (Å²) in [4.78, 5) is 4.23. The molecule has 0 atom stereocenters. The summed E-state index contributed by atoms with van der Waals surface area (Å²) in [6.45, 7) is 0. The largest absolute Gasteiger partial charge is 0.328 e. The lowest BCUT2D eigenvalue weighted by Gasteiger charge is -2.06. The SMILES string of the molecule is Brc1ccc(-c2cncn2C2CC2)cc1. The van der Waals surface area contributed by atoms with Crippen molar-refractivity contribution in [1.82, 2.24) is 9.55 Å². The fourth-order valence-corrected chi connectivity index (χ4v) is 2.06. The molecule has 3 heteroatoms. The van der Waals surface area contributed by atoms with E-state index >= 15 is 0 Å². The van der Waals surface area contributed by atoms with Gasteiger partial charge in [-0.05, 0) is 30.5 Å². The Kier molecular flexibility index (Phi) is 2.13. The topological polar surface area (TPSA) is 17.8 Å². The molecule has 1 aliphatic carbocycles. The van der Waals surface area contributed by atoms with Crippen molar-refractivity contribution in [3.63, 3.8) is 0 Å². The van der Waals surface area contributed by atoms with Crippen LogP contribution in [-0.2, 0) is 0 Å². The zero-order valence-electron chi connectivity index (χ0n) is 8.23. The van der Waals surface area contributed by atoms with E-state index in [4.69, 9.17) is 0 Å². The molecule has 1 heterocycles. The first-order valence-corrected chi connectivity index (χ1v) is 5.91. The number of hydrogen-bond donors (Lipinski definition) is 0. The Bertz CT molecular complexity index is 469. The number of benzene rings is 1. The van der Waals surface area contributed by atoms with Gasteiger partial charge in [0.15, 0.2) is 0 Å². The van der Waals surface area contributed by atoms with Gasteiger partial charge in [-0.2, -0.15) is 0 Å². The van der Waals surface area contributed by atoms with Crippen molar-refractivity contribution in [1.29, 1.82) is 0 Å². The molecule has 0 saturated heterocycles. The average Bonchev–Trinajstić information content (AvgIpc) is 2.98. The molecule has 3 rings (SSSR count). The van der Waals surface area contributed by atoms with Crippen LogP contribution in [0.3, 0.4) is 0 Å². The van der Waals surface area contributed by atoms with E-state index in [2.05, 4.69) is 49.7 Å². The first-order chi connectivity index (χ1) is 7.34. The third-order valence-corrected chi connectivity index (χ3v) is 3.27. The molecule has 1 aliphatic rings. The number of rotatable bonds is 2. The summed E-state index contributed by atoms with van der Waals surface area (Å²) < 4.78 is 3.40. The Morgan fingerprint density at radius 1 is 1.20 bits per heavy atom. The molecule has 0 radical (unpaired) electrons. The fraction of sp³-hybridized carbons (Fsp3) is 0.250. The maximum absolute atomic E-state index is 4.23. The van der Waals surface area contributed by atoms with Gasteiger partial charge in [0.25, 0.3) is 0 Å². The Labute approximate surface area is 97.1 Å². The van der Waals surface area contributed by atoms with Crippen LogP contribution >= 0.6 is 15.9 Å². The van der Waals surface area contributed by atoms with E-state index < -0.39 is 0 Å². The van der Waals surface area contributed by atoms with Crippen molar-refractivity contribution in [3.8, 4) is 11.3 Å². The molecule has 2 nitrogen and oxygen atoms in total. The van der Waals surface area contributed by atoms with Gasteiger partial charge in [0, 0.05) is 10.5 Å². The van der Waals surface area contributed by atoms with Gasteiger partial charge in [0.2, 0.25) is 0 Å². The Hall–Kier alpha value is -1.09. The van der Waals surface area contributed by atoms with E-state index in [0.717, 1.165) is 4.47 Å². The second-order valence-electron chi connectivity index (χ2n) is 3.92. The van der Waals surface area contributed by atoms with E-state index in [1.807, 2.05) is 12.5 Å². The van der Waals surface area contributed by atoms with Crippen LogP contribution in [-0.4, -0.2) is 9.55 Å². The minimum absolute atomic E-state index is 0.686. The zero-order valence-corrected chi connectivity index (χ0v) is 9.81. The molecule has 0 amide bonds. The summed E-state index contributed by atoms with van der Waals surface area (Å²) in [6.07, 6.45) is 6.47. The maximum atomic E-state index is 4.23. The number of hydrogen-bond acceptors (Lipinski definition) is 1. The number of halogens is 1. The van der Waals surface area contributed by atoms with Crippen molar-refractivity contribution in [2.24, 2.45) is 0 Å². The highest BCUT2D eigenvalue weighted by molar-refractivity contribution is 9.10. The van der Waals surface area contributed by atoms with Gasteiger partial charge in [0.05, 0.1) is 18.2 Å². The molecule has 76 valence electrons. The molecule has 1 saturated carbocycles. The predicted molar refractivity (Wildman–Crippen MR) is 63.6 cm³/mol. The highest BCUT2D eigenvalue weighted by atomic mass is 79.9. The summed E-state index contributed by atoms with van der Waals surface area (Å²) in [5.41, 5.74) is 2.47. The Balaban J connectivity index is 2.04. The highest BCUT2D eigenvalue weighted by Crippen LogP contribution is 2.38. The Morgan fingerprint density at radius 3 is 2.60 bits per heavy atom. The molecule has 1 aromatic carbocycles. The normalized spacial score (nSPS) is 15.5. The summed E-state index contributed by atoms with van der Waals surface area (Å²) in [6, 6.07) is 9.07. The van der Waals surface area contributed by atoms with Crippen LogP contribution in [0.4, 0.5) is 0 Å². The van der Waals surface area contributed by atoms with E-state index in [1.54, 1.807) is 0 Å². The van der Waals surface area contributed by atoms with Gasteiger partial charge in [-0.25, -0.2) is 4.98 Å². The quantitative estimate of drug-likeness (QED) is 0.808. The van der Waals surface area contributed by atoms with Gasteiger partial charge in [-0.15, -0.1) is 0 Å². The van der Waals surface area contributed by atoms with Gasteiger partial charge < -0.3 is 4.57 Å². The number of nitrogens with zero attached hydrogens (tertiary/aromatic N) is 2. The highest BCUT2D eigenvalue weighted by Gasteiger charge is 2.25. The van der Waals surface area contributed by atoms with Crippen LogP contribution in [0, 0.1) is 0 Å². The van der Waals surface area contributed by atoms with Crippen LogP contribution in [0.25, 0.3) is 11.3 Å². The molecular formula is C12H11BrN2. The monoisotopic (exact) mass is 262 g/mol. The molecule has 1 fully saturated rings. The first-order valence-electron chi connectivity index (χ1n) is 5.12. The molecular weight excluding hydrogens is 252 g/mol. The molecule has 0 unspecified atom stereocenters. The predicted octanol–water partition coefficient (Wildman–Crippen LogP) is 3.65. The summed E-state index contributed by atoms with van der Waals surface area (Å²) >= 11 is 3.45. The lowest BCUT2D eigenvalue weighted by atomic mass is 10.2. The molecule has 2 aromatic rings. The molecule has 15 heavy (non-hydrogen) atoms. The van der Waals surface area contributed by atoms with Crippen molar-refractivity contribution >= 4 is 15.9 Å². The standard InChI is InChI=1S/C12H11BrN2/c13-10-3-1-9(2-4-10)12-7-14-8-15(12)11-5-6-11/h1-4,7-8,11H,5-6H2. The molecule has 0 spiro atoms. The minimum atomic E-state index is 0.686. The average molecular weight is 263 g/mol. The van der Waals surface area contributed by atoms with Crippen molar-refractivity contribution in [3.05, 3.63) is 41.3 Å². The smallest absolute Gasteiger partial charge is 0.0953 e. The molecule has 0 aliphatic heterocycles. The lowest BCUT2D eigenvalue weighted by molar-refractivity contribution is 0.748. The fourth-order valence-electron chi connectivity index (χ4n) is 1.79. The molecule has 1 aromatic heterocycles. The van der Waals surface area contributed by atoms with Crippen LogP contribution < -0.4 is 0 Å². The summed E-state index contributed by atoms with van der Waals surface area (Å²) in [5, 5.41) is 0. The van der Waals surface area contributed by atoms with Crippen molar-refractivity contribution < 1.29 is 0 Å². The van der Waals surface area contributed by atoms with Gasteiger partial charge in [-0.1, -0.05) is 28.1 Å². The van der Waals surface area contributed by atoms with Crippen molar-refractivity contribution in [2.75, 3.05) is 0 Å². The van der Waals surface area contributed by atoms with Crippen LogP contribution in [0.2, 0.25) is 0 Å². The maximum Gasteiger partial charge on any atom is 0.0953 e. The number of imidazole rings is 1. The zero-order chi connectivity index (χ0) is 10.3. The van der Waals surface area contributed by atoms with E-state index in [1.165, 1.54) is 24.1 Å². The van der Waals surface area contributed by atoms with Crippen molar-refractivity contribution in [2.45, 2.75) is 18.9 Å². The Morgan fingerprint density at radius 2 is 1.93 bits per heavy atom. The molecule has 0 N–H and O–H groups in total. The third kappa shape index (κ3) is 1.72. The van der Waals surface area contributed by atoms with Gasteiger partial charge in [-0.3, -0.25) is 0 Å². The van der Waals surface area contributed by atoms with E-state index in [0.29, 0.717) is 6.04 Å². The second kappa shape index (κ2) is 3.49. The van der Waals surface area contributed by atoms with Gasteiger partial charge >= 0.3 is 0 Å². The minimum Gasteiger partial charge on any atom is -0.328 e. The van der Waals surface area contributed by atoms with E-state index in [-0.39, 0.29) is 0 Å². The lowest BCUT2D eigenvalue weighted by Crippen LogP contribution is -1.94. The van der Waals surface area contributed by atoms with Crippen LogP contribution in [0.15, 0.2) is 41.3 Å². The van der Waals surface area contributed by atoms with E-state index in [9.17, 15) is 0 Å². The first kappa shape index (κ1) is 9.16. The molecule has 0 bridgehead atoms. The van der Waals surface area contributed by atoms with Crippen LogP contribution in [0.5, 0.6) is 0 Å². The van der Waals surface area contributed by atoms with Crippen LogP contribution in [0.1, 0.15) is 18.9 Å². The summed E-state index contributed by atoms with van der Waals surface area (Å²) in [5.74, 6) is 0. The third-order valence-electron chi connectivity index (χ3n) is 2.75. The van der Waals surface area contributed by atoms with Gasteiger partial charge in [0.1, 0.15) is 0 Å². The summed E-state index contributed by atoms with van der Waals surface area (Å²) in [7, 11) is 0. The second-order valence-corrected chi connectivity index (χ2v) is 4.84. The number of aromatic nitrogens is 2.